The Kier molecular flexibility index (Phi) is 7.45. The predicted octanol–water partition coefficient (Wildman–Crippen LogP) is 11.6. The Hall–Kier alpha value is -6.78. The number of nitrogens with zero attached hydrogens (tertiary/aromatic N) is 4. The molecular formula is C46H30N4. The molecule has 0 radical (unpaired) electrons. The van der Waals surface area contributed by atoms with Gasteiger partial charge in [0.2, 0.25) is 0 Å². The average Bonchev–Trinajstić information content (AvgIpc) is 3.21. The standard InChI is InChI=1S/C46H30N4/c1-2-8-31(9-3-1)35-10-4-5-11-36(35)34-14-15-41-42(28-34)46(44-30-50-27-21-38(44)33-18-24-48-25-19-33)40-13-7-6-12-39(40)45(41)43-29-49-26-20-37(43)32-16-22-47-23-17-32/h1-30H. The van der Waals surface area contributed by atoms with Gasteiger partial charge in [0.1, 0.15) is 0 Å². The first-order valence-electron chi connectivity index (χ1n) is 16.7. The van der Waals surface area contributed by atoms with Gasteiger partial charge in [-0.05, 0) is 120 Å². The molecule has 0 amide bonds. The summed E-state index contributed by atoms with van der Waals surface area (Å²) in [6.45, 7) is 0. The molecule has 4 heterocycles. The van der Waals surface area contributed by atoms with E-state index < -0.39 is 0 Å². The third kappa shape index (κ3) is 5.11. The molecule has 0 saturated carbocycles. The van der Waals surface area contributed by atoms with Crippen LogP contribution in [-0.4, -0.2) is 19.9 Å². The smallest absolute Gasteiger partial charge is 0.0353 e. The van der Waals surface area contributed by atoms with E-state index in [1.54, 1.807) is 0 Å². The summed E-state index contributed by atoms with van der Waals surface area (Å²) in [4.78, 5) is 18.0. The summed E-state index contributed by atoms with van der Waals surface area (Å²) in [5, 5.41) is 4.59. The lowest BCUT2D eigenvalue weighted by atomic mass is 9.82. The number of hydrogen-bond donors (Lipinski definition) is 0. The van der Waals surface area contributed by atoms with E-state index in [4.69, 9.17) is 4.98 Å². The fourth-order valence-electron chi connectivity index (χ4n) is 7.28. The van der Waals surface area contributed by atoms with Crippen molar-refractivity contribution in [3.63, 3.8) is 0 Å². The molecule has 9 rings (SSSR count). The van der Waals surface area contributed by atoms with Crippen molar-refractivity contribution in [2.24, 2.45) is 0 Å². The Balaban J connectivity index is 1.42. The van der Waals surface area contributed by atoms with E-state index in [0.29, 0.717) is 0 Å². The lowest BCUT2D eigenvalue weighted by Crippen LogP contribution is -1.96. The molecule has 0 unspecified atom stereocenters. The molecule has 0 bridgehead atoms. The third-order valence-electron chi connectivity index (χ3n) is 9.51. The molecule has 50 heavy (non-hydrogen) atoms. The molecule has 0 fully saturated rings. The summed E-state index contributed by atoms with van der Waals surface area (Å²) in [6, 6.07) is 47.4. The fourth-order valence-corrected chi connectivity index (χ4v) is 7.28. The normalized spacial score (nSPS) is 11.2. The minimum atomic E-state index is 1.07. The summed E-state index contributed by atoms with van der Waals surface area (Å²) in [5.74, 6) is 0. The number of benzene rings is 5. The second-order valence-corrected chi connectivity index (χ2v) is 12.3. The van der Waals surface area contributed by atoms with Gasteiger partial charge >= 0.3 is 0 Å². The molecule has 0 saturated heterocycles. The van der Waals surface area contributed by atoms with Crippen molar-refractivity contribution in [1.29, 1.82) is 0 Å². The lowest BCUT2D eigenvalue weighted by Gasteiger charge is -2.21. The molecule has 0 atom stereocenters. The van der Waals surface area contributed by atoms with Crippen molar-refractivity contribution >= 4 is 21.5 Å². The van der Waals surface area contributed by atoms with Crippen LogP contribution in [0, 0.1) is 0 Å². The zero-order valence-corrected chi connectivity index (χ0v) is 27.1. The highest BCUT2D eigenvalue weighted by Gasteiger charge is 2.22. The average molecular weight is 639 g/mol. The van der Waals surface area contributed by atoms with Gasteiger partial charge in [-0.2, -0.15) is 0 Å². The van der Waals surface area contributed by atoms with Crippen LogP contribution in [-0.2, 0) is 0 Å². The van der Waals surface area contributed by atoms with Gasteiger partial charge < -0.3 is 0 Å². The molecular weight excluding hydrogens is 609 g/mol. The Labute approximate surface area is 290 Å². The van der Waals surface area contributed by atoms with Gasteiger partial charge in [0.25, 0.3) is 0 Å². The van der Waals surface area contributed by atoms with Gasteiger partial charge in [-0.1, -0.05) is 91.0 Å². The summed E-state index contributed by atoms with van der Waals surface area (Å²) in [5.41, 5.74) is 13.6. The highest BCUT2D eigenvalue weighted by Crippen LogP contribution is 2.48. The van der Waals surface area contributed by atoms with Crippen molar-refractivity contribution in [2.75, 3.05) is 0 Å². The zero-order valence-electron chi connectivity index (χ0n) is 27.1. The Morgan fingerprint density at radius 3 is 1.26 bits per heavy atom. The van der Waals surface area contributed by atoms with Crippen molar-refractivity contribution < 1.29 is 0 Å². The van der Waals surface area contributed by atoms with Crippen LogP contribution >= 0.6 is 0 Å². The summed E-state index contributed by atoms with van der Waals surface area (Å²) < 4.78 is 0. The van der Waals surface area contributed by atoms with Crippen molar-refractivity contribution in [1.82, 2.24) is 19.9 Å². The number of aromatic nitrogens is 4. The molecule has 9 aromatic rings. The number of fused-ring (bicyclic) bond motifs is 2. The van der Waals surface area contributed by atoms with Crippen molar-refractivity contribution in [2.45, 2.75) is 0 Å². The molecule has 4 nitrogen and oxygen atoms in total. The molecule has 234 valence electrons. The van der Waals surface area contributed by atoms with Gasteiger partial charge in [0.05, 0.1) is 0 Å². The van der Waals surface area contributed by atoms with E-state index in [0.717, 1.165) is 71.6 Å². The fraction of sp³-hybridized carbons (Fsp3) is 0. The molecule has 4 heteroatoms. The van der Waals surface area contributed by atoms with E-state index in [-0.39, 0.29) is 0 Å². The molecule has 5 aromatic carbocycles. The van der Waals surface area contributed by atoms with Crippen LogP contribution in [0.2, 0.25) is 0 Å². The van der Waals surface area contributed by atoms with E-state index >= 15 is 0 Å². The molecule has 0 spiro atoms. The van der Waals surface area contributed by atoms with Gasteiger partial charge in [0.15, 0.2) is 0 Å². The first-order chi connectivity index (χ1) is 24.8. The molecule has 4 aromatic heterocycles. The maximum Gasteiger partial charge on any atom is 0.0353 e. The number of hydrogen-bond acceptors (Lipinski definition) is 4. The topological polar surface area (TPSA) is 51.6 Å². The van der Waals surface area contributed by atoms with Crippen LogP contribution in [0.4, 0.5) is 0 Å². The minimum Gasteiger partial charge on any atom is -0.265 e. The van der Waals surface area contributed by atoms with E-state index in [1.807, 2.05) is 49.6 Å². The van der Waals surface area contributed by atoms with Gasteiger partial charge in [-0.15, -0.1) is 0 Å². The van der Waals surface area contributed by atoms with Crippen LogP contribution in [0.1, 0.15) is 0 Å². The quantitative estimate of drug-likeness (QED) is 0.170. The first kappa shape index (κ1) is 29.4. The molecule has 0 N–H and O–H groups in total. The van der Waals surface area contributed by atoms with E-state index in [9.17, 15) is 0 Å². The maximum absolute atomic E-state index is 4.70. The van der Waals surface area contributed by atoms with Gasteiger partial charge in [-0.25, -0.2) is 0 Å². The second kappa shape index (κ2) is 12.7. The largest absolute Gasteiger partial charge is 0.265 e. The molecule has 0 aliphatic heterocycles. The van der Waals surface area contributed by atoms with Crippen LogP contribution < -0.4 is 0 Å². The van der Waals surface area contributed by atoms with E-state index in [2.05, 4.69) is 148 Å². The predicted molar refractivity (Wildman–Crippen MR) is 205 cm³/mol. The van der Waals surface area contributed by atoms with Crippen LogP contribution in [0.5, 0.6) is 0 Å². The molecule has 0 aliphatic rings. The lowest BCUT2D eigenvalue weighted by molar-refractivity contribution is 1.31. The Morgan fingerprint density at radius 1 is 0.260 bits per heavy atom. The molecule has 0 aliphatic carbocycles. The van der Waals surface area contributed by atoms with Crippen LogP contribution in [0.3, 0.4) is 0 Å². The maximum atomic E-state index is 4.70. The highest BCUT2D eigenvalue weighted by molar-refractivity contribution is 6.23. The summed E-state index contributed by atoms with van der Waals surface area (Å²) in [7, 11) is 0. The van der Waals surface area contributed by atoms with Crippen LogP contribution in [0.25, 0.3) is 88.3 Å². The summed E-state index contributed by atoms with van der Waals surface area (Å²) in [6.07, 6.45) is 15.1. The summed E-state index contributed by atoms with van der Waals surface area (Å²) >= 11 is 0. The van der Waals surface area contributed by atoms with E-state index in [1.165, 1.54) is 16.7 Å². The highest BCUT2D eigenvalue weighted by atomic mass is 14.6. The number of pyridine rings is 4. The van der Waals surface area contributed by atoms with Gasteiger partial charge in [0, 0.05) is 60.7 Å². The van der Waals surface area contributed by atoms with Crippen molar-refractivity contribution in [3.05, 3.63) is 183 Å². The monoisotopic (exact) mass is 638 g/mol. The first-order valence-corrected chi connectivity index (χ1v) is 16.7. The second-order valence-electron chi connectivity index (χ2n) is 12.3. The zero-order chi connectivity index (χ0) is 33.3. The SMILES string of the molecule is c1ccc(-c2ccccc2-c2ccc3c(-c4cnccc4-c4ccncc4)c4ccccc4c(-c4cnccc4-c4ccncc4)c3c2)cc1. The minimum absolute atomic E-state index is 1.07. The van der Waals surface area contributed by atoms with Gasteiger partial charge in [-0.3, -0.25) is 19.9 Å². The Morgan fingerprint density at radius 2 is 0.680 bits per heavy atom. The van der Waals surface area contributed by atoms with Crippen LogP contribution in [0.15, 0.2) is 183 Å². The number of rotatable bonds is 6. The Bertz CT molecular complexity index is 2640. The van der Waals surface area contributed by atoms with Crippen molar-refractivity contribution in [3.8, 4) is 66.8 Å². The third-order valence-corrected chi connectivity index (χ3v) is 9.51.